The van der Waals surface area contributed by atoms with Crippen molar-refractivity contribution in [1.29, 1.82) is 0 Å². The average molecular weight is 343 g/mol. The number of hydrogen-bond donors (Lipinski definition) is 2. The van der Waals surface area contributed by atoms with Crippen LogP contribution in [-0.2, 0) is 24.3 Å². The molecule has 2 N–H and O–H groups in total. The highest BCUT2D eigenvalue weighted by Crippen LogP contribution is 2.07. The Hall–Kier alpha value is -2.14. The van der Waals surface area contributed by atoms with E-state index in [1.165, 1.54) is 5.56 Å². The molecule has 2 aromatic rings. The fourth-order valence-electron chi connectivity index (χ4n) is 2.77. The van der Waals surface area contributed by atoms with Crippen molar-refractivity contribution in [2.45, 2.75) is 64.6 Å². The number of aromatic nitrogens is 2. The van der Waals surface area contributed by atoms with Crippen molar-refractivity contribution in [2.24, 2.45) is 0 Å². The predicted molar refractivity (Wildman–Crippen MR) is 99.0 cm³/mol. The largest absolute Gasteiger partial charge is 0.393 e. The molecule has 0 saturated heterocycles. The summed E-state index contributed by atoms with van der Waals surface area (Å²) >= 11 is 0. The second kappa shape index (κ2) is 10.7. The van der Waals surface area contributed by atoms with Crippen LogP contribution in [0.15, 0.2) is 42.7 Å². The van der Waals surface area contributed by atoms with E-state index in [-0.39, 0.29) is 12.0 Å². The zero-order valence-electron chi connectivity index (χ0n) is 15.0. The van der Waals surface area contributed by atoms with Crippen molar-refractivity contribution in [3.05, 3.63) is 54.1 Å². The molecule has 1 aromatic carbocycles. The van der Waals surface area contributed by atoms with Gasteiger partial charge < -0.3 is 15.0 Å². The summed E-state index contributed by atoms with van der Waals surface area (Å²) in [6, 6.07) is 10.4. The van der Waals surface area contributed by atoms with E-state index in [9.17, 15) is 9.90 Å². The average Bonchev–Trinajstić information content (AvgIpc) is 3.06. The van der Waals surface area contributed by atoms with Gasteiger partial charge in [0, 0.05) is 25.4 Å². The number of nitrogens with zero attached hydrogens (tertiary/aromatic N) is 2. The van der Waals surface area contributed by atoms with E-state index in [1.54, 1.807) is 13.1 Å². The normalized spacial score (nSPS) is 12.1. The number of benzene rings is 1. The topological polar surface area (TPSA) is 67.2 Å². The summed E-state index contributed by atoms with van der Waals surface area (Å²) in [6.45, 7) is 3.12. The molecular formula is C20H29N3O2. The number of carbonyl (C=O) groups excluding carboxylic acids is 1. The Morgan fingerprint density at radius 3 is 2.80 bits per heavy atom. The van der Waals surface area contributed by atoms with Crippen LogP contribution in [0.1, 0.15) is 50.4 Å². The molecule has 0 saturated carbocycles. The molecule has 0 aliphatic rings. The van der Waals surface area contributed by atoms with Gasteiger partial charge in [0.1, 0.15) is 5.82 Å². The van der Waals surface area contributed by atoms with Gasteiger partial charge in [-0.15, -0.1) is 0 Å². The fraction of sp³-hybridized carbons (Fsp3) is 0.500. The SMILES string of the molecule is CC(O)CCCCCC(=O)NCc1nccn1CCc1ccccc1. The molecule has 0 fully saturated rings. The number of aryl methyl sites for hydroxylation is 2. The number of nitrogens with one attached hydrogen (secondary N) is 1. The van der Waals surface area contributed by atoms with Crippen molar-refractivity contribution in [1.82, 2.24) is 14.9 Å². The molecule has 1 unspecified atom stereocenters. The smallest absolute Gasteiger partial charge is 0.220 e. The van der Waals surface area contributed by atoms with Crippen LogP contribution >= 0.6 is 0 Å². The first-order valence-corrected chi connectivity index (χ1v) is 9.14. The summed E-state index contributed by atoms with van der Waals surface area (Å²) in [4.78, 5) is 16.3. The monoisotopic (exact) mass is 343 g/mol. The summed E-state index contributed by atoms with van der Waals surface area (Å²) in [5, 5.41) is 12.2. The maximum Gasteiger partial charge on any atom is 0.220 e. The van der Waals surface area contributed by atoms with Crippen molar-refractivity contribution in [3.63, 3.8) is 0 Å². The second-order valence-corrected chi connectivity index (χ2v) is 6.50. The number of aliphatic hydroxyl groups is 1. The second-order valence-electron chi connectivity index (χ2n) is 6.50. The molecule has 25 heavy (non-hydrogen) atoms. The van der Waals surface area contributed by atoms with Crippen molar-refractivity contribution in [3.8, 4) is 0 Å². The van der Waals surface area contributed by atoms with Gasteiger partial charge in [-0.25, -0.2) is 4.98 Å². The number of unbranched alkanes of at least 4 members (excludes halogenated alkanes) is 2. The summed E-state index contributed by atoms with van der Waals surface area (Å²) in [5.41, 5.74) is 1.29. The minimum absolute atomic E-state index is 0.0645. The van der Waals surface area contributed by atoms with Gasteiger partial charge in [0.2, 0.25) is 5.91 Å². The quantitative estimate of drug-likeness (QED) is 0.616. The van der Waals surface area contributed by atoms with Crippen LogP contribution in [0.4, 0.5) is 0 Å². The Morgan fingerprint density at radius 1 is 1.24 bits per heavy atom. The molecule has 1 atom stereocenters. The number of rotatable bonds is 11. The van der Waals surface area contributed by atoms with E-state index in [0.29, 0.717) is 13.0 Å². The zero-order valence-corrected chi connectivity index (χ0v) is 15.0. The van der Waals surface area contributed by atoms with Crippen LogP contribution in [0.2, 0.25) is 0 Å². The van der Waals surface area contributed by atoms with Gasteiger partial charge in [0.15, 0.2) is 0 Å². The highest BCUT2D eigenvalue weighted by Gasteiger charge is 2.06. The Morgan fingerprint density at radius 2 is 2.04 bits per heavy atom. The third-order valence-corrected chi connectivity index (χ3v) is 4.26. The van der Waals surface area contributed by atoms with E-state index in [0.717, 1.165) is 44.5 Å². The first-order chi connectivity index (χ1) is 12.1. The summed E-state index contributed by atoms with van der Waals surface area (Å²) in [7, 11) is 0. The lowest BCUT2D eigenvalue weighted by atomic mass is 10.1. The molecule has 0 aliphatic carbocycles. The Kier molecular flexibility index (Phi) is 8.19. The molecule has 1 amide bonds. The Balaban J connectivity index is 1.67. The molecule has 0 spiro atoms. The third-order valence-electron chi connectivity index (χ3n) is 4.26. The number of hydrogen-bond acceptors (Lipinski definition) is 3. The van der Waals surface area contributed by atoms with Crippen LogP contribution in [-0.4, -0.2) is 26.7 Å². The predicted octanol–water partition coefficient (Wildman–Crippen LogP) is 3.07. The molecule has 0 aliphatic heterocycles. The number of amides is 1. The van der Waals surface area contributed by atoms with E-state index in [4.69, 9.17) is 0 Å². The number of imidazole rings is 1. The highest BCUT2D eigenvalue weighted by atomic mass is 16.3. The maximum absolute atomic E-state index is 11.9. The van der Waals surface area contributed by atoms with E-state index >= 15 is 0 Å². The minimum atomic E-state index is -0.247. The Bertz CT molecular complexity index is 623. The molecule has 136 valence electrons. The first-order valence-electron chi connectivity index (χ1n) is 9.14. The van der Waals surface area contributed by atoms with Crippen molar-refractivity contribution < 1.29 is 9.90 Å². The summed E-state index contributed by atoms with van der Waals surface area (Å²) in [5.74, 6) is 0.952. The van der Waals surface area contributed by atoms with Gasteiger partial charge in [-0.2, -0.15) is 0 Å². The molecule has 1 aromatic heterocycles. The fourth-order valence-corrected chi connectivity index (χ4v) is 2.77. The minimum Gasteiger partial charge on any atom is -0.393 e. The van der Waals surface area contributed by atoms with E-state index in [1.807, 2.05) is 24.4 Å². The van der Waals surface area contributed by atoms with Crippen LogP contribution in [0, 0.1) is 0 Å². The molecule has 0 bridgehead atoms. The Labute approximate surface area is 150 Å². The van der Waals surface area contributed by atoms with E-state index in [2.05, 4.69) is 27.0 Å². The van der Waals surface area contributed by atoms with Crippen LogP contribution < -0.4 is 5.32 Å². The van der Waals surface area contributed by atoms with Gasteiger partial charge in [0.25, 0.3) is 0 Å². The van der Waals surface area contributed by atoms with E-state index < -0.39 is 0 Å². The lowest BCUT2D eigenvalue weighted by Gasteiger charge is -2.09. The lowest BCUT2D eigenvalue weighted by molar-refractivity contribution is -0.121. The van der Waals surface area contributed by atoms with Gasteiger partial charge in [0.05, 0.1) is 12.6 Å². The first kappa shape index (κ1) is 19.2. The van der Waals surface area contributed by atoms with Gasteiger partial charge in [-0.1, -0.05) is 43.2 Å². The van der Waals surface area contributed by atoms with Crippen LogP contribution in [0.5, 0.6) is 0 Å². The lowest BCUT2D eigenvalue weighted by Crippen LogP contribution is -2.24. The summed E-state index contributed by atoms with van der Waals surface area (Å²) < 4.78 is 2.09. The molecule has 2 rings (SSSR count). The van der Waals surface area contributed by atoms with Crippen molar-refractivity contribution in [2.75, 3.05) is 0 Å². The van der Waals surface area contributed by atoms with Crippen LogP contribution in [0.25, 0.3) is 0 Å². The van der Waals surface area contributed by atoms with Gasteiger partial charge in [-0.05, 0) is 31.7 Å². The highest BCUT2D eigenvalue weighted by molar-refractivity contribution is 5.75. The van der Waals surface area contributed by atoms with Gasteiger partial charge in [-0.3, -0.25) is 4.79 Å². The summed E-state index contributed by atoms with van der Waals surface area (Å²) in [6.07, 6.45) is 8.58. The standard InChI is InChI=1S/C20H29N3O2/c1-17(24)8-4-2-7-11-20(25)22-16-19-21-13-15-23(19)14-12-18-9-5-3-6-10-18/h3,5-6,9-10,13,15,17,24H,2,4,7-8,11-12,14,16H2,1H3,(H,22,25). The maximum atomic E-state index is 11.9. The molecule has 1 heterocycles. The zero-order chi connectivity index (χ0) is 17.9. The number of carbonyl (C=O) groups is 1. The molecule has 5 nitrogen and oxygen atoms in total. The van der Waals surface area contributed by atoms with Gasteiger partial charge >= 0.3 is 0 Å². The third kappa shape index (κ3) is 7.52. The molecular weight excluding hydrogens is 314 g/mol. The molecule has 0 radical (unpaired) electrons. The van der Waals surface area contributed by atoms with Crippen molar-refractivity contribution >= 4 is 5.91 Å². The van der Waals surface area contributed by atoms with Crippen LogP contribution in [0.3, 0.4) is 0 Å². The molecule has 5 heteroatoms. The number of aliphatic hydroxyl groups excluding tert-OH is 1.